The van der Waals surface area contributed by atoms with Crippen LogP contribution < -0.4 is 4.90 Å². The van der Waals surface area contributed by atoms with Gasteiger partial charge in [-0.05, 0) is 37.4 Å². The number of hydrogen-bond acceptors (Lipinski definition) is 7. The van der Waals surface area contributed by atoms with Crippen molar-refractivity contribution < 1.29 is 9.21 Å². The van der Waals surface area contributed by atoms with Gasteiger partial charge in [0.1, 0.15) is 5.03 Å². The van der Waals surface area contributed by atoms with Crippen molar-refractivity contribution in [3.63, 3.8) is 0 Å². The minimum Gasteiger partial charge on any atom is -0.461 e. The quantitative estimate of drug-likeness (QED) is 0.369. The van der Waals surface area contributed by atoms with Crippen LogP contribution in [-0.4, -0.2) is 34.2 Å². The van der Waals surface area contributed by atoms with Gasteiger partial charge < -0.3 is 4.42 Å². The summed E-state index contributed by atoms with van der Waals surface area (Å²) < 4.78 is 6.43. The number of aryl methyl sites for hydroxylation is 1. The highest BCUT2D eigenvalue weighted by atomic mass is 32.2. The summed E-state index contributed by atoms with van der Waals surface area (Å²) in [7, 11) is 1.73. The highest BCUT2D eigenvalue weighted by Crippen LogP contribution is 2.31. The molecule has 3 heterocycles. The number of anilines is 1. The summed E-state index contributed by atoms with van der Waals surface area (Å²) in [6.07, 6.45) is 3.47. The van der Waals surface area contributed by atoms with Crippen LogP contribution in [0.5, 0.6) is 0 Å². The van der Waals surface area contributed by atoms with Gasteiger partial charge in [0.15, 0.2) is 16.7 Å². The van der Waals surface area contributed by atoms with Crippen LogP contribution in [0.3, 0.4) is 0 Å². The zero-order valence-electron chi connectivity index (χ0n) is 15.0. The summed E-state index contributed by atoms with van der Waals surface area (Å²) in [4.78, 5) is 28.3. The van der Waals surface area contributed by atoms with Crippen molar-refractivity contribution in [3.8, 4) is 11.6 Å². The summed E-state index contributed by atoms with van der Waals surface area (Å²) in [6, 6.07) is 11.4. The molecular formula is C19H16N4O2S2. The third-order valence-electron chi connectivity index (χ3n) is 4.08. The van der Waals surface area contributed by atoms with Crippen LogP contribution >= 0.6 is 23.1 Å². The van der Waals surface area contributed by atoms with Crippen LogP contribution in [0.2, 0.25) is 0 Å². The van der Waals surface area contributed by atoms with E-state index < -0.39 is 0 Å². The Morgan fingerprint density at radius 3 is 2.67 bits per heavy atom. The number of amides is 1. The van der Waals surface area contributed by atoms with Gasteiger partial charge in [-0.3, -0.25) is 9.69 Å². The van der Waals surface area contributed by atoms with Crippen molar-refractivity contribution in [2.75, 3.05) is 18.2 Å². The van der Waals surface area contributed by atoms with Gasteiger partial charge in [-0.25, -0.2) is 15.0 Å². The molecule has 3 aromatic heterocycles. The summed E-state index contributed by atoms with van der Waals surface area (Å²) >= 11 is 2.89. The van der Waals surface area contributed by atoms with E-state index in [4.69, 9.17) is 4.42 Å². The average molecular weight is 396 g/mol. The Hall–Kier alpha value is -2.71. The first-order valence-corrected chi connectivity index (χ1v) is 10.2. The van der Waals surface area contributed by atoms with Crippen molar-refractivity contribution in [3.05, 3.63) is 53.9 Å². The molecule has 0 atom stereocenters. The van der Waals surface area contributed by atoms with E-state index in [9.17, 15) is 4.79 Å². The molecule has 0 fully saturated rings. The van der Waals surface area contributed by atoms with Crippen LogP contribution in [0, 0.1) is 6.92 Å². The summed E-state index contributed by atoms with van der Waals surface area (Å²) in [6.45, 7) is 1.81. The number of carbonyl (C=O) groups is 1. The van der Waals surface area contributed by atoms with Crippen LogP contribution in [0.15, 0.2) is 52.1 Å². The first kappa shape index (κ1) is 17.7. The lowest BCUT2D eigenvalue weighted by molar-refractivity contribution is 0.0988. The summed E-state index contributed by atoms with van der Waals surface area (Å²) in [5.74, 6) is 0.870. The van der Waals surface area contributed by atoms with Gasteiger partial charge in [0, 0.05) is 7.05 Å². The zero-order chi connectivity index (χ0) is 19.0. The Morgan fingerprint density at radius 1 is 1.15 bits per heavy atom. The number of furan rings is 1. The first-order chi connectivity index (χ1) is 13.1. The molecule has 0 radical (unpaired) electrons. The molecule has 0 aliphatic heterocycles. The van der Waals surface area contributed by atoms with Crippen molar-refractivity contribution in [1.29, 1.82) is 0 Å². The maximum Gasteiger partial charge on any atom is 0.264 e. The molecule has 6 nitrogen and oxygen atoms in total. The molecule has 0 spiro atoms. The second-order valence-corrected chi connectivity index (χ2v) is 7.63. The SMILES string of the molecule is CSc1nc(-c2ccco2)nc(C)c1C(=O)N(C)c1nc2ccccc2s1. The van der Waals surface area contributed by atoms with E-state index in [0.717, 1.165) is 10.2 Å². The van der Waals surface area contributed by atoms with E-state index >= 15 is 0 Å². The molecule has 0 bridgehead atoms. The van der Waals surface area contributed by atoms with Crippen LogP contribution in [-0.2, 0) is 0 Å². The first-order valence-electron chi connectivity index (χ1n) is 8.18. The largest absolute Gasteiger partial charge is 0.461 e. The fraction of sp³-hybridized carbons (Fsp3) is 0.158. The predicted molar refractivity (Wildman–Crippen MR) is 109 cm³/mol. The van der Waals surface area contributed by atoms with E-state index in [-0.39, 0.29) is 5.91 Å². The Morgan fingerprint density at radius 2 is 1.96 bits per heavy atom. The number of para-hydroxylation sites is 1. The van der Waals surface area contributed by atoms with Gasteiger partial charge in [0.25, 0.3) is 5.91 Å². The molecule has 4 rings (SSSR count). The average Bonchev–Trinajstić information content (AvgIpc) is 3.35. The monoisotopic (exact) mass is 396 g/mol. The minimum atomic E-state index is -0.179. The van der Waals surface area contributed by atoms with Gasteiger partial charge in [0.2, 0.25) is 0 Å². The van der Waals surface area contributed by atoms with E-state index in [1.807, 2.05) is 37.4 Å². The molecule has 4 aromatic rings. The number of fused-ring (bicyclic) bond motifs is 1. The molecule has 27 heavy (non-hydrogen) atoms. The summed E-state index contributed by atoms with van der Waals surface area (Å²) in [5.41, 5.74) is 1.97. The van der Waals surface area contributed by atoms with E-state index in [0.29, 0.717) is 33.0 Å². The minimum absolute atomic E-state index is 0.179. The number of carbonyl (C=O) groups excluding carboxylic acids is 1. The van der Waals surface area contributed by atoms with Crippen LogP contribution in [0.4, 0.5) is 5.13 Å². The second-order valence-electron chi connectivity index (χ2n) is 5.82. The normalized spacial score (nSPS) is 11.1. The molecule has 0 N–H and O–H groups in total. The number of aromatic nitrogens is 3. The third kappa shape index (κ3) is 3.22. The maximum atomic E-state index is 13.2. The number of nitrogens with zero attached hydrogens (tertiary/aromatic N) is 4. The van der Waals surface area contributed by atoms with E-state index in [1.165, 1.54) is 23.1 Å². The van der Waals surface area contributed by atoms with Crippen LogP contribution in [0.25, 0.3) is 21.8 Å². The lowest BCUT2D eigenvalue weighted by Gasteiger charge is -2.17. The molecule has 0 aliphatic rings. The molecular weight excluding hydrogens is 380 g/mol. The number of thioether (sulfide) groups is 1. The standard InChI is InChI=1S/C19H16N4O2S2/c1-11-15(17(26-3)22-16(20-11)13-8-6-10-25-13)18(24)23(2)19-21-12-7-4-5-9-14(12)27-19/h4-10H,1-3H3. The van der Waals surface area contributed by atoms with Crippen LogP contribution in [0.1, 0.15) is 16.1 Å². The van der Waals surface area contributed by atoms with Gasteiger partial charge in [0.05, 0.1) is 27.7 Å². The number of benzene rings is 1. The van der Waals surface area contributed by atoms with E-state index in [1.54, 1.807) is 30.3 Å². The molecule has 0 saturated heterocycles. The fourth-order valence-corrected chi connectivity index (χ4v) is 4.26. The Balaban J connectivity index is 1.74. The Kier molecular flexibility index (Phi) is 4.67. The number of hydrogen-bond donors (Lipinski definition) is 0. The maximum absolute atomic E-state index is 13.2. The molecule has 1 aromatic carbocycles. The molecule has 8 heteroatoms. The third-order valence-corrected chi connectivity index (χ3v) is 5.87. The molecule has 0 unspecified atom stereocenters. The van der Waals surface area contributed by atoms with Crippen molar-refractivity contribution in [2.24, 2.45) is 0 Å². The van der Waals surface area contributed by atoms with Gasteiger partial charge >= 0.3 is 0 Å². The van der Waals surface area contributed by atoms with Gasteiger partial charge in [-0.15, -0.1) is 11.8 Å². The lowest BCUT2D eigenvalue weighted by Crippen LogP contribution is -2.28. The van der Waals surface area contributed by atoms with E-state index in [2.05, 4.69) is 15.0 Å². The number of rotatable bonds is 4. The molecule has 0 saturated carbocycles. The van der Waals surface area contributed by atoms with Crippen molar-refractivity contribution in [2.45, 2.75) is 11.9 Å². The van der Waals surface area contributed by atoms with Crippen molar-refractivity contribution >= 4 is 44.4 Å². The second kappa shape index (κ2) is 7.13. The topological polar surface area (TPSA) is 72.1 Å². The lowest BCUT2D eigenvalue weighted by atomic mass is 10.2. The van der Waals surface area contributed by atoms with Gasteiger partial charge in [-0.1, -0.05) is 23.5 Å². The van der Waals surface area contributed by atoms with Gasteiger partial charge in [-0.2, -0.15) is 0 Å². The summed E-state index contributed by atoms with van der Waals surface area (Å²) in [5, 5.41) is 1.26. The smallest absolute Gasteiger partial charge is 0.264 e. The zero-order valence-corrected chi connectivity index (χ0v) is 16.6. The number of thiazole rings is 1. The Bertz CT molecular complexity index is 1090. The highest BCUT2D eigenvalue weighted by molar-refractivity contribution is 7.98. The molecule has 1 amide bonds. The Labute approximate surface area is 164 Å². The molecule has 0 aliphatic carbocycles. The van der Waals surface area contributed by atoms with Crippen molar-refractivity contribution in [1.82, 2.24) is 15.0 Å². The fourth-order valence-electron chi connectivity index (χ4n) is 2.71. The molecule has 136 valence electrons. The predicted octanol–water partition coefficient (Wildman–Crippen LogP) is 4.65. The highest BCUT2D eigenvalue weighted by Gasteiger charge is 2.25.